The van der Waals surface area contributed by atoms with Gasteiger partial charge in [-0.05, 0) is 24.6 Å². The first-order chi connectivity index (χ1) is 9.11. The molecule has 1 aromatic carbocycles. The number of ether oxygens (including phenoxy) is 1. The molecule has 0 saturated carbocycles. The number of aromatic nitrogens is 1. The van der Waals surface area contributed by atoms with E-state index in [9.17, 15) is 9.59 Å². The number of fused-ring (bicyclic) bond motifs is 2. The zero-order valence-electron chi connectivity index (χ0n) is 10.5. The first-order valence-corrected chi connectivity index (χ1v) is 6.18. The molecule has 1 aliphatic rings. The van der Waals surface area contributed by atoms with Crippen LogP contribution in [0.4, 0.5) is 0 Å². The molecule has 0 radical (unpaired) electrons. The van der Waals surface area contributed by atoms with E-state index >= 15 is 0 Å². The van der Waals surface area contributed by atoms with Gasteiger partial charge in [0.2, 0.25) is 5.43 Å². The van der Waals surface area contributed by atoms with Gasteiger partial charge >= 0.3 is 35.5 Å². The van der Waals surface area contributed by atoms with Crippen molar-refractivity contribution in [2.75, 3.05) is 6.61 Å². The van der Waals surface area contributed by atoms with Gasteiger partial charge < -0.3 is 14.4 Å². The number of hydrogen-bond donors (Lipinski definition) is 1. The molecule has 0 bridgehead atoms. The van der Waals surface area contributed by atoms with Gasteiger partial charge in [0.05, 0.1) is 17.5 Å². The van der Waals surface area contributed by atoms with Crippen molar-refractivity contribution in [2.45, 2.75) is 19.9 Å². The van der Waals surface area contributed by atoms with E-state index in [0.717, 1.165) is 17.5 Å². The Morgan fingerprint density at radius 3 is 2.85 bits per heavy atom. The Labute approximate surface area is 137 Å². The van der Waals surface area contributed by atoms with Crippen molar-refractivity contribution in [3.05, 3.63) is 39.7 Å². The molecule has 100 valence electrons. The van der Waals surface area contributed by atoms with Crippen molar-refractivity contribution in [2.24, 2.45) is 0 Å². The predicted octanol–water partition coefficient (Wildman–Crippen LogP) is 1.01. The number of rotatable bonds is 2. The number of benzene rings is 1. The summed E-state index contributed by atoms with van der Waals surface area (Å²) in [5, 5.41) is 9.50. The number of pyridine rings is 1. The Morgan fingerprint density at radius 1 is 1.45 bits per heavy atom. The molecule has 0 unspecified atom stereocenters. The monoisotopic (exact) mass is 283 g/mol. The summed E-state index contributed by atoms with van der Waals surface area (Å²) in [6.07, 6.45) is 2.24. The molecule has 2 heterocycles. The quantitative estimate of drug-likeness (QED) is 0.835. The second-order valence-electron chi connectivity index (χ2n) is 4.54. The van der Waals surface area contributed by atoms with Crippen LogP contribution in [-0.4, -0.2) is 51.8 Å². The van der Waals surface area contributed by atoms with Crippen LogP contribution in [-0.2, 0) is 13.0 Å². The SMILES string of the molecule is CCn1cc(C(=O)O)c(=O)c2cc3c(cc21)CCO3.[NaH]. The van der Waals surface area contributed by atoms with Crippen LogP contribution in [0.15, 0.2) is 23.1 Å². The van der Waals surface area contributed by atoms with Crippen molar-refractivity contribution >= 4 is 46.4 Å². The zero-order chi connectivity index (χ0) is 13.6. The van der Waals surface area contributed by atoms with Crippen LogP contribution in [0.2, 0.25) is 0 Å². The van der Waals surface area contributed by atoms with Crippen molar-refractivity contribution in [1.82, 2.24) is 4.57 Å². The molecule has 0 aliphatic carbocycles. The van der Waals surface area contributed by atoms with Crippen LogP contribution in [0.5, 0.6) is 5.75 Å². The van der Waals surface area contributed by atoms with Gasteiger partial charge in [-0.2, -0.15) is 0 Å². The maximum absolute atomic E-state index is 12.2. The minimum atomic E-state index is -1.20. The van der Waals surface area contributed by atoms with E-state index < -0.39 is 11.4 Å². The average Bonchev–Trinajstić information content (AvgIpc) is 2.84. The van der Waals surface area contributed by atoms with Crippen LogP contribution in [0.3, 0.4) is 0 Å². The summed E-state index contributed by atoms with van der Waals surface area (Å²) in [7, 11) is 0. The topological polar surface area (TPSA) is 68.5 Å². The molecule has 0 fully saturated rings. The van der Waals surface area contributed by atoms with Crippen LogP contribution < -0.4 is 10.2 Å². The van der Waals surface area contributed by atoms with E-state index in [1.54, 1.807) is 10.6 Å². The molecule has 3 rings (SSSR count). The molecule has 0 atom stereocenters. The zero-order valence-corrected chi connectivity index (χ0v) is 10.5. The van der Waals surface area contributed by atoms with Gasteiger partial charge in [0.15, 0.2) is 0 Å². The van der Waals surface area contributed by atoms with Crippen LogP contribution in [0.1, 0.15) is 22.8 Å². The number of carboxylic acid groups (broad SMARTS) is 1. The molecule has 0 amide bonds. The summed E-state index contributed by atoms with van der Waals surface area (Å²) >= 11 is 0. The van der Waals surface area contributed by atoms with Crippen molar-refractivity contribution in [3.63, 3.8) is 0 Å². The molecule has 20 heavy (non-hydrogen) atoms. The van der Waals surface area contributed by atoms with Crippen molar-refractivity contribution in [3.8, 4) is 5.75 Å². The van der Waals surface area contributed by atoms with E-state index in [-0.39, 0.29) is 35.1 Å². The van der Waals surface area contributed by atoms with Gasteiger partial charge in [-0.3, -0.25) is 4.79 Å². The third-order valence-corrected chi connectivity index (χ3v) is 3.46. The Hall–Kier alpha value is -1.30. The van der Waals surface area contributed by atoms with E-state index in [1.165, 1.54) is 6.20 Å². The predicted molar refractivity (Wildman–Crippen MR) is 77.2 cm³/mol. The second kappa shape index (κ2) is 5.60. The third-order valence-electron chi connectivity index (χ3n) is 3.46. The molecule has 0 spiro atoms. The normalized spacial score (nSPS) is 12.7. The van der Waals surface area contributed by atoms with E-state index in [4.69, 9.17) is 9.84 Å². The van der Waals surface area contributed by atoms with Crippen LogP contribution in [0.25, 0.3) is 10.9 Å². The minimum absolute atomic E-state index is 0. The van der Waals surface area contributed by atoms with E-state index in [2.05, 4.69) is 0 Å². The van der Waals surface area contributed by atoms with Gasteiger partial charge in [0.1, 0.15) is 11.3 Å². The second-order valence-corrected chi connectivity index (χ2v) is 4.54. The molecule has 5 nitrogen and oxygen atoms in total. The van der Waals surface area contributed by atoms with E-state index in [1.807, 2.05) is 13.0 Å². The number of aryl methyl sites for hydroxylation is 1. The van der Waals surface area contributed by atoms with E-state index in [0.29, 0.717) is 24.3 Å². The Morgan fingerprint density at radius 2 is 2.20 bits per heavy atom. The molecule has 2 aromatic rings. The Kier molecular flexibility index (Phi) is 4.22. The fourth-order valence-electron chi connectivity index (χ4n) is 2.47. The van der Waals surface area contributed by atoms with Gasteiger partial charge in [0, 0.05) is 19.2 Å². The van der Waals surface area contributed by atoms with Gasteiger partial charge in [0.25, 0.3) is 0 Å². The van der Waals surface area contributed by atoms with Crippen LogP contribution in [0, 0.1) is 0 Å². The molecular formula is C14H14NNaO4. The van der Waals surface area contributed by atoms with Crippen molar-refractivity contribution in [1.29, 1.82) is 0 Å². The molecule has 1 aromatic heterocycles. The summed E-state index contributed by atoms with van der Waals surface area (Å²) in [6, 6.07) is 3.59. The fourth-order valence-corrected chi connectivity index (χ4v) is 2.47. The molecule has 6 heteroatoms. The summed E-state index contributed by atoms with van der Waals surface area (Å²) in [5.41, 5.74) is 1.18. The van der Waals surface area contributed by atoms with Gasteiger partial charge in [-0.1, -0.05) is 0 Å². The first-order valence-electron chi connectivity index (χ1n) is 6.18. The number of aromatic carboxylic acids is 1. The van der Waals surface area contributed by atoms with Gasteiger partial charge in [-0.15, -0.1) is 0 Å². The Balaban J connectivity index is 0.00000147. The number of nitrogens with zero attached hydrogens (tertiary/aromatic N) is 1. The third kappa shape index (κ3) is 2.26. The Bertz CT molecular complexity index is 751. The summed E-state index contributed by atoms with van der Waals surface area (Å²) in [4.78, 5) is 23.3. The molecule has 1 aliphatic heterocycles. The summed E-state index contributed by atoms with van der Waals surface area (Å²) in [5.74, 6) is -0.509. The number of carboxylic acids is 1. The summed E-state index contributed by atoms with van der Waals surface area (Å²) < 4.78 is 7.23. The number of carbonyl (C=O) groups is 1. The van der Waals surface area contributed by atoms with Crippen molar-refractivity contribution < 1.29 is 14.6 Å². The fraction of sp³-hybridized carbons (Fsp3) is 0.286. The maximum atomic E-state index is 12.2. The van der Waals surface area contributed by atoms with Crippen LogP contribution >= 0.6 is 0 Å². The molecular weight excluding hydrogens is 269 g/mol. The average molecular weight is 283 g/mol. The summed E-state index contributed by atoms with van der Waals surface area (Å²) in [6.45, 7) is 3.13. The van der Waals surface area contributed by atoms with Gasteiger partial charge in [-0.25, -0.2) is 4.79 Å². The first kappa shape index (κ1) is 15.1. The molecule has 0 saturated heterocycles. The number of hydrogen-bond acceptors (Lipinski definition) is 3. The standard InChI is InChI=1S/C14H13NO4.Na.H/c1-2-15-7-10(14(17)18)13(16)9-6-12-8(3-4-19-12)5-11(9)15;;/h5-7H,2-4H2,1H3,(H,17,18);;. The molecule has 1 N–H and O–H groups in total.